The molecule has 10 heteroatoms. The van der Waals surface area contributed by atoms with E-state index < -0.39 is 28.6 Å². The molecule has 0 amide bonds. The van der Waals surface area contributed by atoms with Gasteiger partial charge < -0.3 is 33.5 Å². The van der Waals surface area contributed by atoms with Crippen molar-refractivity contribution >= 4 is 11.9 Å². The van der Waals surface area contributed by atoms with Crippen LogP contribution in [0.1, 0.15) is 43.5 Å². The van der Waals surface area contributed by atoms with Gasteiger partial charge >= 0.3 is 11.9 Å². The molecule has 6 fully saturated rings. The van der Waals surface area contributed by atoms with Gasteiger partial charge in [-0.3, -0.25) is 9.69 Å². The number of likely N-dealkylation sites (tertiary alicyclic amines) is 1. The second kappa shape index (κ2) is 10.7. The van der Waals surface area contributed by atoms with Crippen molar-refractivity contribution in [3.8, 4) is 0 Å². The highest BCUT2D eigenvalue weighted by molar-refractivity contribution is 5.89. The number of rotatable bonds is 9. The predicted molar refractivity (Wildman–Crippen MR) is 158 cm³/mol. The summed E-state index contributed by atoms with van der Waals surface area (Å²) in [5.41, 5.74) is -1.61. The standard InChI is InChI=1S/C34H47NO9/c1-7-35-16-32(17-39-3)23(37)14-24(41-5)34-21-13-20-22(40-4)15-33(44-18(2)36,26(30(34)35)28(42-6)29(32)34)25(21)27(20)43-31(38)19-11-9-8-10-12-19/h8-12,20-30,37H,7,13-17H2,1-6H3/t20-,21?,22-,23+,24-,25+,26-,27-,28-,29+,30+,32+,33-,34-/m0/s1. The number of carbonyl (C=O) groups excluding carboxylic acids is 2. The molecule has 5 aliphatic carbocycles. The molecule has 7 rings (SSSR count). The zero-order valence-electron chi connectivity index (χ0n) is 26.6. The maximum atomic E-state index is 13.7. The van der Waals surface area contributed by atoms with Gasteiger partial charge in [0.05, 0.1) is 36.6 Å². The summed E-state index contributed by atoms with van der Waals surface area (Å²) in [5.74, 6) is -1.57. The molecule has 1 aliphatic heterocycles. The van der Waals surface area contributed by atoms with E-state index in [0.717, 1.165) is 13.0 Å². The van der Waals surface area contributed by atoms with Crippen molar-refractivity contribution in [1.29, 1.82) is 0 Å². The Morgan fingerprint density at radius 2 is 1.75 bits per heavy atom. The van der Waals surface area contributed by atoms with E-state index in [1.807, 2.05) is 18.2 Å². The minimum absolute atomic E-state index is 0.0367. The van der Waals surface area contributed by atoms with Crippen molar-refractivity contribution in [3.63, 3.8) is 0 Å². The van der Waals surface area contributed by atoms with Gasteiger partial charge in [0.25, 0.3) is 0 Å². The third kappa shape index (κ3) is 3.64. The average Bonchev–Trinajstić information content (AvgIpc) is 3.44. The van der Waals surface area contributed by atoms with Crippen LogP contribution in [0, 0.1) is 40.4 Å². The molecule has 0 radical (unpaired) electrons. The van der Waals surface area contributed by atoms with E-state index in [9.17, 15) is 14.7 Å². The highest BCUT2D eigenvalue weighted by Crippen LogP contribution is 2.80. The van der Waals surface area contributed by atoms with E-state index in [1.165, 1.54) is 6.92 Å². The largest absolute Gasteiger partial charge is 0.458 e. The van der Waals surface area contributed by atoms with Crippen LogP contribution in [0.25, 0.3) is 0 Å². The number of benzene rings is 1. The molecule has 44 heavy (non-hydrogen) atoms. The number of aliphatic hydroxyl groups excluding tert-OH is 1. The van der Waals surface area contributed by atoms with Crippen LogP contribution >= 0.6 is 0 Å². The molecule has 1 aromatic carbocycles. The minimum Gasteiger partial charge on any atom is -0.458 e. The lowest BCUT2D eigenvalue weighted by Crippen LogP contribution is -2.79. The van der Waals surface area contributed by atoms with Crippen LogP contribution in [0.4, 0.5) is 0 Å². The summed E-state index contributed by atoms with van der Waals surface area (Å²) in [4.78, 5) is 29.4. The van der Waals surface area contributed by atoms with Gasteiger partial charge in [0.15, 0.2) is 0 Å². The van der Waals surface area contributed by atoms with E-state index in [2.05, 4.69) is 11.8 Å². The number of methoxy groups -OCH3 is 4. The van der Waals surface area contributed by atoms with Crippen molar-refractivity contribution in [2.45, 2.75) is 75.3 Å². The van der Waals surface area contributed by atoms with Gasteiger partial charge in [0.1, 0.15) is 11.7 Å². The quantitative estimate of drug-likeness (QED) is 0.417. The molecule has 1 unspecified atom stereocenters. The van der Waals surface area contributed by atoms with Gasteiger partial charge in [-0.25, -0.2) is 4.79 Å². The average molecular weight is 614 g/mol. The summed E-state index contributed by atoms with van der Waals surface area (Å²) in [5, 5.41) is 12.0. The first-order valence-corrected chi connectivity index (χ1v) is 16.1. The summed E-state index contributed by atoms with van der Waals surface area (Å²) in [6.07, 6.45) is -0.424. The minimum atomic E-state index is -1.01. The highest BCUT2D eigenvalue weighted by Gasteiger charge is 2.89. The van der Waals surface area contributed by atoms with Crippen LogP contribution < -0.4 is 0 Å². The summed E-state index contributed by atoms with van der Waals surface area (Å²) in [6, 6.07) is 9.02. The molecule has 14 atom stereocenters. The Morgan fingerprint density at radius 1 is 1.00 bits per heavy atom. The zero-order valence-corrected chi connectivity index (χ0v) is 26.6. The van der Waals surface area contributed by atoms with Crippen molar-refractivity contribution in [1.82, 2.24) is 4.90 Å². The van der Waals surface area contributed by atoms with Crippen LogP contribution in [0.3, 0.4) is 0 Å². The Kier molecular flexibility index (Phi) is 7.46. The lowest BCUT2D eigenvalue weighted by Gasteiger charge is -2.70. The number of piperidine rings is 1. The number of carbonyl (C=O) groups is 2. The third-order valence-electron chi connectivity index (χ3n) is 13.0. The molecule has 5 saturated carbocycles. The van der Waals surface area contributed by atoms with Crippen molar-refractivity contribution < 1.29 is 43.1 Å². The molecule has 1 saturated heterocycles. The molecular formula is C34H47NO9. The number of nitrogens with zero attached hydrogens (tertiary/aromatic N) is 1. The zero-order chi connectivity index (χ0) is 31.2. The van der Waals surface area contributed by atoms with E-state index in [-0.39, 0.29) is 65.9 Å². The molecule has 1 heterocycles. The predicted octanol–water partition coefficient (Wildman–Crippen LogP) is 2.56. The molecule has 1 N–H and O–H groups in total. The van der Waals surface area contributed by atoms with Gasteiger partial charge in [-0.05, 0) is 31.0 Å². The highest BCUT2D eigenvalue weighted by atomic mass is 16.6. The second-order valence-electron chi connectivity index (χ2n) is 14.1. The van der Waals surface area contributed by atoms with Crippen LogP contribution in [0.5, 0.6) is 0 Å². The first-order chi connectivity index (χ1) is 21.2. The van der Waals surface area contributed by atoms with Crippen molar-refractivity contribution in [2.75, 3.05) is 48.1 Å². The fourth-order valence-corrected chi connectivity index (χ4v) is 12.2. The summed E-state index contributed by atoms with van der Waals surface area (Å²) in [6.45, 7) is 5.40. The fourth-order valence-electron chi connectivity index (χ4n) is 12.2. The van der Waals surface area contributed by atoms with Gasteiger partial charge in [-0.2, -0.15) is 0 Å². The maximum Gasteiger partial charge on any atom is 0.338 e. The molecular weight excluding hydrogens is 566 g/mol. The molecule has 1 spiro atoms. The smallest absolute Gasteiger partial charge is 0.338 e. The van der Waals surface area contributed by atoms with E-state index >= 15 is 0 Å². The Bertz CT molecular complexity index is 1280. The Morgan fingerprint density at radius 3 is 2.36 bits per heavy atom. The van der Waals surface area contributed by atoms with E-state index in [1.54, 1.807) is 40.6 Å². The molecule has 7 bridgehead atoms. The number of ether oxygens (including phenoxy) is 6. The topological polar surface area (TPSA) is 113 Å². The van der Waals surface area contributed by atoms with Crippen molar-refractivity contribution in [3.05, 3.63) is 35.9 Å². The molecule has 0 aromatic heterocycles. The van der Waals surface area contributed by atoms with Crippen LogP contribution in [0.2, 0.25) is 0 Å². The number of hydrogen-bond donors (Lipinski definition) is 1. The Labute approximate surface area is 259 Å². The Hall–Kier alpha value is -2.08. The van der Waals surface area contributed by atoms with Gasteiger partial charge in [0, 0.05) is 95.3 Å². The van der Waals surface area contributed by atoms with Crippen molar-refractivity contribution in [2.24, 2.45) is 40.4 Å². The molecule has 10 nitrogen and oxygen atoms in total. The monoisotopic (exact) mass is 613 g/mol. The van der Waals surface area contributed by atoms with Gasteiger partial charge in [-0.1, -0.05) is 25.1 Å². The number of esters is 2. The summed E-state index contributed by atoms with van der Waals surface area (Å²) in [7, 11) is 6.88. The molecule has 6 aliphatic rings. The van der Waals surface area contributed by atoms with Crippen LogP contribution in [-0.4, -0.2) is 112 Å². The summed E-state index contributed by atoms with van der Waals surface area (Å²) < 4.78 is 38.3. The number of fused-ring (bicyclic) bond motifs is 2. The normalized spacial score (nSPS) is 48.2. The fraction of sp³-hybridized carbons (Fsp3) is 0.765. The first kappa shape index (κ1) is 30.6. The Balaban J connectivity index is 1.48. The SMILES string of the molecule is CCN1C[C@@]2(COC)[C@H](O)C[C@H](OC)[C@@]34C5C[C@@H]6[C@H](OC(=O)c7ccccc7)[C@@H]5[C@@](OC(C)=O)(C[C@@H]6OC)[C@@H]([C@H](OC)[C@H]23)[C@@H]14. The lowest BCUT2D eigenvalue weighted by atomic mass is 9.42. The lowest BCUT2D eigenvalue weighted by molar-refractivity contribution is -0.297. The third-order valence-corrected chi connectivity index (χ3v) is 13.0. The maximum absolute atomic E-state index is 13.7. The number of aliphatic hydroxyl groups is 1. The molecule has 242 valence electrons. The van der Waals surface area contributed by atoms with Crippen LogP contribution in [0.15, 0.2) is 30.3 Å². The van der Waals surface area contributed by atoms with Crippen LogP contribution in [-0.2, 0) is 33.2 Å². The number of hydrogen-bond acceptors (Lipinski definition) is 10. The van der Waals surface area contributed by atoms with Gasteiger partial charge in [-0.15, -0.1) is 0 Å². The molecule has 1 aromatic rings. The second-order valence-corrected chi connectivity index (χ2v) is 14.1. The van der Waals surface area contributed by atoms with E-state index in [0.29, 0.717) is 31.6 Å². The van der Waals surface area contributed by atoms with E-state index in [4.69, 9.17) is 28.4 Å². The van der Waals surface area contributed by atoms with Gasteiger partial charge in [0.2, 0.25) is 0 Å². The summed E-state index contributed by atoms with van der Waals surface area (Å²) >= 11 is 0. The first-order valence-electron chi connectivity index (χ1n) is 16.1.